The van der Waals surface area contributed by atoms with Gasteiger partial charge in [-0.3, -0.25) is 5.32 Å². The second-order valence-corrected chi connectivity index (χ2v) is 4.20. The van der Waals surface area contributed by atoms with E-state index in [0.717, 1.165) is 17.6 Å². The normalized spacial score (nSPS) is 17.8. The predicted molar refractivity (Wildman–Crippen MR) is 64.3 cm³/mol. The summed E-state index contributed by atoms with van der Waals surface area (Å²) >= 11 is 0. The molecular weight excluding hydrogens is 214 g/mol. The number of hydrogen-bond donors (Lipinski definition) is 1. The van der Waals surface area contributed by atoms with Crippen molar-refractivity contribution in [3.05, 3.63) is 59.1 Å². The van der Waals surface area contributed by atoms with E-state index in [1.165, 1.54) is 17.3 Å². The van der Waals surface area contributed by atoms with Crippen molar-refractivity contribution >= 4 is 5.95 Å². The Bertz CT molecular complexity index is 542. The van der Waals surface area contributed by atoms with Crippen molar-refractivity contribution in [1.29, 1.82) is 0 Å². The van der Waals surface area contributed by atoms with Gasteiger partial charge in [0, 0.05) is 6.07 Å². The molecule has 0 amide bonds. The van der Waals surface area contributed by atoms with E-state index >= 15 is 0 Å². The molecule has 1 aliphatic rings. The van der Waals surface area contributed by atoms with E-state index in [-0.39, 0.29) is 6.04 Å². The largest absolute Gasteiger partial charge is 0.740 e. The molecule has 2 aromatic rings. The lowest BCUT2D eigenvalue weighted by molar-refractivity contribution is -0.593. The summed E-state index contributed by atoms with van der Waals surface area (Å²) in [4.78, 5) is 4.05. The van der Waals surface area contributed by atoms with Gasteiger partial charge in [-0.2, -0.15) is 0 Å². The minimum Gasteiger partial charge on any atom is -0.740 e. The Hall–Kier alpha value is -2.10. The minimum absolute atomic E-state index is 0.196. The smallest absolute Gasteiger partial charge is 0.392 e. The number of anilines is 1. The summed E-state index contributed by atoms with van der Waals surface area (Å²) in [6.07, 6.45) is 5.14. The van der Waals surface area contributed by atoms with Gasteiger partial charge in [-0.1, -0.05) is 29.2 Å². The molecule has 0 aliphatic heterocycles. The summed E-state index contributed by atoms with van der Waals surface area (Å²) in [6.45, 7) is 0. The van der Waals surface area contributed by atoms with E-state index in [4.69, 9.17) is 0 Å². The number of fused-ring (bicyclic) bond motifs is 1. The van der Waals surface area contributed by atoms with Crippen LogP contribution in [0.3, 0.4) is 0 Å². The number of benzene rings is 1. The lowest BCUT2D eigenvalue weighted by Crippen LogP contribution is -2.32. The van der Waals surface area contributed by atoms with Crippen LogP contribution in [-0.4, -0.2) is 4.98 Å². The number of hydrogen-bond acceptors (Lipinski definition) is 3. The summed E-state index contributed by atoms with van der Waals surface area (Å²) in [5.74, 6) is 0.370. The molecule has 0 saturated carbocycles. The summed E-state index contributed by atoms with van der Waals surface area (Å²) in [6, 6.07) is 10.2. The quantitative estimate of drug-likeness (QED) is 0.629. The maximum absolute atomic E-state index is 11.5. The molecule has 1 aromatic carbocycles. The first-order valence-electron chi connectivity index (χ1n) is 5.73. The number of nitrogens with zero attached hydrogens (tertiary/aromatic N) is 2. The number of rotatable bonds is 2. The third-order valence-corrected chi connectivity index (χ3v) is 3.15. The molecular formula is C13H13N3O. The first-order valence-corrected chi connectivity index (χ1v) is 5.73. The van der Waals surface area contributed by atoms with Crippen molar-refractivity contribution in [3.8, 4) is 0 Å². The lowest BCUT2D eigenvalue weighted by atomic mass is 10.1. The zero-order chi connectivity index (χ0) is 11.7. The molecule has 3 rings (SSSR count). The number of nitrogens with one attached hydrogen (secondary N) is 1. The van der Waals surface area contributed by atoms with Gasteiger partial charge in [0.05, 0.1) is 6.20 Å². The summed E-state index contributed by atoms with van der Waals surface area (Å²) in [5.41, 5.74) is 2.64. The molecule has 4 heteroatoms. The Balaban J connectivity index is 1.87. The SMILES string of the molecule is [O-][n+]1cccnc1NC1CCc2ccccc21. The topological polar surface area (TPSA) is 51.9 Å². The Labute approximate surface area is 99.5 Å². The van der Waals surface area contributed by atoms with Crippen LogP contribution in [0.25, 0.3) is 0 Å². The van der Waals surface area contributed by atoms with E-state index in [2.05, 4.69) is 28.5 Å². The highest BCUT2D eigenvalue weighted by atomic mass is 16.5. The Morgan fingerprint density at radius 1 is 1.29 bits per heavy atom. The van der Waals surface area contributed by atoms with Crippen molar-refractivity contribution < 1.29 is 4.73 Å². The standard InChI is InChI=1S/C13H13N3O/c17-16-9-3-8-14-13(16)15-12-7-6-10-4-1-2-5-11(10)12/h1-5,8-9,12H,6-7H2,(H,14,15). The fourth-order valence-corrected chi connectivity index (χ4v) is 2.32. The van der Waals surface area contributed by atoms with E-state index < -0.39 is 0 Å². The van der Waals surface area contributed by atoms with Crippen LogP contribution in [0, 0.1) is 5.21 Å². The van der Waals surface area contributed by atoms with E-state index in [1.54, 1.807) is 12.3 Å². The highest BCUT2D eigenvalue weighted by Gasteiger charge is 2.25. The molecule has 1 aromatic heterocycles. The van der Waals surface area contributed by atoms with E-state index in [1.807, 2.05) is 6.07 Å². The van der Waals surface area contributed by atoms with Gasteiger partial charge in [0.2, 0.25) is 0 Å². The molecule has 0 bridgehead atoms. The molecule has 1 aliphatic carbocycles. The van der Waals surface area contributed by atoms with Crippen LogP contribution in [0.1, 0.15) is 23.6 Å². The number of aromatic nitrogens is 2. The van der Waals surface area contributed by atoms with Crippen LogP contribution < -0.4 is 10.0 Å². The maximum Gasteiger partial charge on any atom is 0.392 e. The van der Waals surface area contributed by atoms with Crippen LogP contribution >= 0.6 is 0 Å². The van der Waals surface area contributed by atoms with Gasteiger partial charge in [0.15, 0.2) is 0 Å². The van der Waals surface area contributed by atoms with Crippen LogP contribution in [0.4, 0.5) is 5.95 Å². The fraction of sp³-hybridized carbons (Fsp3) is 0.231. The van der Waals surface area contributed by atoms with Gasteiger partial charge in [0.1, 0.15) is 12.2 Å². The molecule has 0 saturated heterocycles. The molecule has 1 unspecified atom stereocenters. The second kappa shape index (κ2) is 4.05. The van der Waals surface area contributed by atoms with E-state index in [0.29, 0.717) is 5.95 Å². The summed E-state index contributed by atoms with van der Waals surface area (Å²) < 4.78 is 0.765. The van der Waals surface area contributed by atoms with Crippen molar-refractivity contribution in [2.45, 2.75) is 18.9 Å². The molecule has 0 radical (unpaired) electrons. The molecule has 1 N–H and O–H groups in total. The van der Waals surface area contributed by atoms with Crippen LogP contribution in [0.5, 0.6) is 0 Å². The highest BCUT2D eigenvalue weighted by molar-refractivity contribution is 5.39. The Kier molecular flexibility index (Phi) is 2.40. The molecule has 17 heavy (non-hydrogen) atoms. The van der Waals surface area contributed by atoms with Gasteiger partial charge in [0.25, 0.3) is 0 Å². The predicted octanol–water partition coefficient (Wildman–Crippen LogP) is 1.81. The lowest BCUT2D eigenvalue weighted by Gasteiger charge is -2.12. The summed E-state index contributed by atoms with van der Waals surface area (Å²) in [7, 11) is 0. The first-order chi connectivity index (χ1) is 8.34. The molecule has 4 nitrogen and oxygen atoms in total. The zero-order valence-electron chi connectivity index (χ0n) is 9.34. The van der Waals surface area contributed by atoms with Gasteiger partial charge in [-0.25, -0.2) is 4.73 Å². The zero-order valence-corrected chi connectivity index (χ0v) is 9.34. The van der Waals surface area contributed by atoms with Crippen molar-refractivity contribution in [1.82, 2.24) is 4.98 Å². The highest BCUT2D eigenvalue weighted by Crippen LogP contribution is 2.32. The van der Waals surface area contributed by atoms with Crippen molar-refractivity contribution in [3.63, 3.8) is 0 Å². The maximum atomic E-state index is 11.5. The van der Waals surface area contributed by atoms with Crippen molar-refractivity contribution in [2.75, 3.05) is 5.32 Å². The fourth-order valence-electron chi connectivity index (χ4n) is 2.32. The third-order valence-electron chi connectivity index (χ3n) is 3.15. The van der Waals surface area contributed by atoms with Gasteiger partial charge in [-0.05, 0) is 24.0 Å². The van der Waals surface area contributed by atoms with Gasteiger partial charge < -0.3 is 5.21 Å². The first kappa shape index (κ1) is 10.1. The number of aryl methyl sites for hydroxylation is 1. The van der Waals surface area contributed by atoms with Crippen LogP contribution in [-0.2, 0) is 6.42 Å². The minimum atomic E-state index is 0.196. The Morgan fingerprint density at radius 2 is 2.18 bits per heavy atom. The second-order valence-electron chi connectivity index (χ2n) is 4.20. The van der Waals surface area contributed by atoms with Gasteiger partial charge >= 0.3 is 5.95 Å². The third kappa shape index (κ3) is 1.82. The average molecular weight is 227 g/mol. The van der Waals surface area contributed by atoms with Crippen LogP contribution in [0.2, 0.25) is 0 Å². The summed E-state index contributed by atoms with van der Waals surface area (Å²) in [5, 5.41) is 14.7. The molecule has 86 valence electrons. The molecule has 1 heterocycles. The molecule has 1 atom stereocenters. The van der Waals surface area contributed by atoms with Crippen LogP contribution in [0.15, 0.2) is 42.7 Å². The molecule has 0 spiro atoms. The Morgan fingerprint density at radius 3 is 3.06 bits per heavy atom. The molecule has 0 fully saturated rings. The monoisotopic (exact) mass is 227 g/mol. The van der Waals surface area contributed by atoms with Crippen molar-refractivity contribution in [2.24, 2.45) is 0 Å². The van der Waals surface area contributed by atoms with Gasteiger partial charge in [-0.15, -0.1) is 0 Å². The van der Waals surface area contributed by atoms with E-state index in [9.17, 15) is 5.21 Å². The average Bonchev–Trinajstić information content (AvgIpc) is 2.76.